The summed E-state index contributed by atoms with van der Waals surface area (Å²) in [6.45, 7) is 4.27. The Kier molecular flexibility index (Phi) is 7.00. The van der Waals surface area contributed by atoms with Gasteiger partial charge in [0.05, 0.1) is 0 Å². The van der Waals surface area contributed by atoms with Gasteiger partial charge in [0.2, 0.25) is 0 Å². The molecule has 0 aliphatic carbocycles. The molecule has 0 rings (SSSR count). The zero-order chi connectivity index (χ0) is 9.78. The van der Waals surface area contributed by atoms with Crippen LogP contribution in [0.25, 0.3) is 0 Å². The molecule has 0 amide bonds. The van der Waals surface area contributed by atoms with Crippen LogP contribution in [0.5, 0.6) is 0 Å². The Bertz CT molecular complexity index is 124. The first-order valence-corrected chi connectivity index (χ1v) is 14.3. The first-order chi connectivity index (χ1) is 5.35. The van der Waals surface area contributed by atoms with Crippen LogP contribution in [0.2, 0.25) is 4.47 Å². The molecule has 0 heterocycles. The van der Waals surface area contributed by atoms with Gasteiger partial charge in [-0.1, -0.05) is 0 Å². The number of ether oxygens (including phenoxy) is 1. The predicted molar refractivity (Wildman–Crippen MR) is 58.4 cm³/mol. The van der Waals surface area contributed by atoms with Crippen molar-refractivity contribution in [3.8, 4) is 0 Å². The second-order valence-electron chi connectivity index (χ2n) is 3.16. The van der Waals surface area contributed by atoms with Crippen molar-refractivity contribution in [3.63, 3.8) is 0 Å². The van der Waals surface area contributed by atoms with Crippen LogP contribution < -0.4 is 0 Å². The SMILES string of the molecule is COC(CC(C)C)C[Te](Cl)(Cl)Cl. The van der Waals surface area contributed by atoms with Crippen LogP contribution in [0.4, 0.5) is 0 Å². The number of methoxy groups -OCH3 is 1. The van der Waals surface area contributed by atoms with Crippen LogP contribution >= 0.6 is 26.9 Å². The standard InChI is InChI=1S/C7H15Cl3OTe/c1-6(2)4-7(11-3)5-12(8,9)10/h6-7H,4-5H2,1-3H3. The molecule has 1 unspecified atom stereocenters. The molecule has 0 N–H and O–H groups in total. The molecule has 76 valence electrons. The normalized spacial score (nSPS) is 16.6. The summed E-state index contributed by atoms with van der Waals surface area (Å²) in [7, 11) is 19.2. The van der Waals surface area contributed by atoms with E-state index in [9.17, 15) is 0 Å². The molecule has 0 aliphatic heterocycles. The summed E-state index contributed by atoms with van der Waals surface area (Å²) >= 11 is -3.00. The van der Waals surface area contributed by atoms with Crippen LogP contribution in [0.15, 0.2) is 0 Å². The number of rotatable bonds is 5. The van der Waals surface area contributed by atoms with E-state index in [4.69, 9.17) is 31.6 Å². The van der Waals surface area contributed by atoms with Crippen molar-refractivity contribution >= 4 is 41.7 Å². The zero-order valence-corrected chi connectivity index (χ0v) is 12.1. The fourth-order valence-electron chi connectivity index (χ4n) is 0.969. The third-order valence-corrected chi connectivity index (χ3v) is 6.12. The Hall–Kier alpha value is 1.62. The van der Waals surface area contributed by atoms with E-state index in [0.717, 1.165) is 6.42 Å². The minimum atomic E-state index is -3.00. The molecule has 0 spiro atoms. The first-order valence-electron chi connectivity index (χ1n) is 3.77. The molecule has 1 atom stereocenters. The molecule has 0 aliphatic rings. The Morgan fingerprint density at radius 2 is 1.75 bits per heavy atom. The minimum absolute atomic E-state index is 0.124. The van der Waals surface area contributed by atoms with Crippen molar-refractivity contribution in [2.24, 2.45) is 5.92 Å². The average Bonchev–Trinajstić information content (AvgIpc) is 1.82. The van der Waals surface area contributed by atoms with Crippen LogP contribution in [0.3, 0.4) is 0 Å². The monoisotopic (exact) mass is 350 g/mol. The molecule has 0 fully saturated rings. The van der Waals surface area contributed by atoms with E-state index in [1.165, 1.54) is 0 Å². The van der Waals surface area contributed by atoms with Crippen LogP contribution in [0.1, 0.15) is 20.3 Å². The molecule has 0 aromatic rings. The summed E-state index contributed by atoms with van der Waals surface area (Å²) < 4.78 is 5.87. The fraction of sp³-hybridized carbons (Fsp3) is 1.00. The maximum atomic E-state index is 5.83. The Morgan fingerprint density at radius 1 is 1.25 bits per heavy atom. The van der Waals surface area contributed by atoms with Gasteiger partial charge in [-0.15, -0.1) is 0 Å². The van der Waals surface area contributed by atoms with E-state index in [0.29, 0.717) is 10.4 Å². The fourth-order valence-corrected chi connectivity index (χ4v) is 5.78. The van der Waals surface area contributed by atoms with Gasteiger partial charge >= 0.3 is 90.3 Å². The molecule has 1 nitrogen and oxygen atoms in total. The van der Waals surface area contributed by atoms with E-state index in [1.54, 1.807) is 7.11 Å². The van der Waals surface area contributed by atoms with Gasteiger partial charge in [-0.05, 0) is 0 Å². The van der Waals surface area contributed by atoms with E-state index in [1.807, 2.05) is 0 Å². The van der Waals surface area contributed by atoms with E-state index in [-0.39, 0.29) is 6.10 Å². The Morgan fingerprint density at radius 3 is 2.00 bits per heavy atom. The van der Waals surface area contributed by atoms with E-state index < -0.39 is 14.8 Å². The molecule has 12 heavy (non-hydrogen) atoms. The topological polar surface area (TPSA) is 9.23 Å². The second-order valence-corrected chi connectivity index (χ2v) is 20.8. The van der Waals surface area contributed by atoms with Crippen LogP contribution in [-0.4, -0.2) is 28.0 Å². The summed E-state index contributed by atoms with van der Waals surface area (Å²) in [4.78, 5) is 0. The van der Waals surface area contributed by atoms with Crippen molar-refractivity contribution in [3.05, 3.63) is 0 Å². The van der Waals surface area contributed by atoms with Crippen molar-refractivity contribution in [1.29, 1.82) is 0 Å². The van der Waals surface area contributed by atoms with Crippen LogP contribution in [0, 0.1) is 5.92 Å². The van der Waals surface area contributed by atoms with Gasteiger partial charge < -0.3 is 0 Å². The summed E-state index contributed by atoms with van der Waals surface area (Å²) in [6, 6.07) is 0. The summed E-state index contributed by atoms with van der Waals surface area (Å²) in [5.74, 6) is 0.588. The van der Waals surface area contributed by atoms with Gasteiger partial charge in [0.15, 0.2) is 0 Å². The van der Waals surface area contributed by atoms with Gasteiger partial charge in [0.25, 0.3) is 0 Å². The molecular weight excluding hydrogens is 334 g/mol. The molecule has 0 saturated carbocycles. The second kappa shape index (κ2) is 6.17. The number of hydrogen-bond donors (Lipinski definition) is 0. The molecule has 0 radical (unpaired) electrons. The van der Waals surface area contributed by atoms with Gasteiger partial charge in [-0.2, -0.15) is 0 Å². The third kappa shape index (κ3) is 8.23. The van der Waals surface area contributed by atoms with Crippen molar-refractivity contribution < 1.29 is 4.74 Å². The maximum absolute atomic E-state index is 5.83. The summed E-state index contributed by atoms with van der Waals surface area (Å²) in [5.41, 5.74) is 0. The van der Waals surface area contributed by atoms with Crippen molar-refractivity contribution in [1.82, 2.24) is 0 Å². The third-order valence-electron chi connectivity index (χ3n) is 1.44. The number of hydrogen-bond acceptors (Lipinski definition) is 1. The Balaban J connectivity index is 3.83. The molecule has 5 heteroatoms. The van der Waals surface area contributed by atoms with E-state index in [2.05, 4.69) is 13.8 Å². The average molecular weight is 349 g/mol. The van der Waals surface area contributed by atoms with Gasteiger partial charge in [-0.25, -0.2) is 0 Å². The summed E-state index contributed by atoms with van der Waals surface area (Å²) in [6.07, 6.45) is 1.09. The quantitative estimate of drug-likeness (QED) is 0.688. The number of halogens is 3. The molecular formula is C7H15Cl3OTe. The molecule has 0 aromatic carbocycles. The molecule has 0 saturated heterocycles. The molecule has 0 bridgehead atoms. The summed E-state index contributed by atoms with van der Waals surface area (Å²) in [5, 5.41) is 0. The van der Waals surface area contributed by atoms with Gasteiger partial charge in [0, 0.05) is 0 Å². The van der Waals surface area contributed by atoms with E-state index >= 15 is 0 Å². The zero-order valence-electron chi connectivity index (χ0n) is 7.52. The van der Waals surface area contributed by atoms with Gasteiger partial charge in [0.1, 0.15) is 0 Å². The van der Waals surface area contributed by atoms with Crippen LogP contribution in [-0.2, 0) is 4.74 Å². The van der Waals surface area contributed by atoms with Crippen molar-refractivity contribution in [2.45, 2.75) is 30.8 Å². The molecule has 0 aromatic heterocycles. The Labute approximate surface area is 89.7 Å². The van der Waals surface area contributed by atoms with Gasteiger partial charge in [-0.3, -0.25) is 0 Å². The first kappa shape index (κ1) is 13.6. The predicted octanol–water partition coefficient (Wildman–Crippen LogP) is 3.70. The van der Waals surface area contributed by atoms with Crippen molar-refractivity contribution in [2.75, 3.05) is 7.11 Å².